The number of ether oxygens (including phenoxy) is 1. The molecule has 0 unspecified atom stereocenters. The number of nitro groups is 1. The van der Waals surface area contributed by atoms with E-state index in [-0.39, 0.29) is 27.5 Å². The fourth-order valence-electron chi connectivity index (χ4n) is 2.81. The molecule has 5 heteroatoms. The van der Waals surface area contributed by atoms with Gasteiger partial charge in [-0.05, 0) is 29.9 Å². The molecule has 1 aromatic carbocycles. The smallest absolute Gasteiger partial charge is 0.333 e. The number of para-hydroxylation sites is 1. The second kappa shape index (κ2) is 4.65. The molecule has 0 atom stereocenters. The van der Waals surface area contributed by atoms with E-state index in [0.717, 1.165) is 0 Å². The van der Waals surface area contributed by atoms with Crippen LogP contribution in [0, 0.1) is 20.9 Å². The summed E-state index contributed by atoms with van der Waals surface area (Å²) in [5.41, 5.74) is 0.780. The molecule has 1 saturated carbocycles. The number of rotatable bonds is 5. The number of anilines is 1. The van der Waals surface area contributed by atoms with Crippen molar-refractivity contribution in [3.63, 3.8) is 0 Å². The zero-order valence-electron chi connectivity index (χ0n) is 12.7. The van der Waals surface area contributed by atoms with Crippen LogP contribution in [0.3, 0.4) is 0 Å². The lowest BCUT2D eigenvalue weighted by Crippen LogP contribution is -2.12. The molecule has 1 fully saturated rings. The molecule has 5 nitrogen and oxygen atoms in total. The summed E-state index contributed by atoms with van der Waals surface area (Å²) in [7, 11) is 0. The molecule has 0 saturated heterocycles. The highest BCUT2D eigenvalue weighted by molar-refractivity contribution is 5.69. The van der Waals surface area contributed by atoms with Gasteiger partial charge in [-0.25, -0.2) is 0 Å². The molecular weight excluding hydrogens is 256 g/mol. The Kier molecular flexibility index (Phi) is 3.40. The quantitative estimate of drug-likeness (QED) is 0.656. The molecule has 0 radical (unpaired) electrons. The van der Waals surface area contributed by atoms with Crippen LogP contribution < -0.4 is 10.1 Å². The number of benzene rings is 1. The van der Waals surface area contributed by atoms with Crippen molar-refractivity contribution in [2.45, 2.75) is 40.7 Å². The van der Waals surface area contributed by atoms with Crippen molar-refractivity contribution in [3.05, 3.63) is 28.3 Å². The molecule has 1 aliphatic rings. The summed E-state index contributed by atoms with van der Waals surface area (Å²) in [6, 6.07) is 5.37. The van der Waals surface area contributed by atoms with Crippen molar-refractivity contribution in [1.82, 2.24) is 0 Å². The topological polar surface area (TPSA) is 64.4 Å². The Balaban J connectivity index is 2.34. The molecular formula is C15H22N2O3. The van der Waals surface area contributed by atoms with E-state index in [1.54, 1.807) is 18.2 Å². The molecule has 0 amide bonds. The highest BCUT2D eigenvalue weighted by Gasteiger charge is 2.65. The molecule has 0 aliphatic heterocycles. The SMILES string of the molecule is CCOc1cccc(NC2C(C)(C)C2(C)C)c1[N+](=O)[O-]. The van der Waals surface area contributed by atoms with Gasteiger partial charge in [-0.15, -0.1) is 0 Å². The first-order chi connectivity index (χ1) is 9.23. The Morgan fingerprint density at radius 1 is 1.30 bits per heavy atom. The number of hydrogen-bond donors (Lipinski definition) is 1. The van der Waals surface area contributed by atoms with Gasteiger partial charge in [-0.1, -0.05) is 33.8 Å². The van der Waals surface area contributed by atoms with Gasteiger partial charge in [-0.3, -0.25) is 10.1 Å². The summed E-state index contributed by atoms with van der Waals surface area (Å²) in [6.45, 7) is 10.9. The summed E-state index contributed by atoms with van der Waals surface area (Å²) in [4.78, 5) is 10.9. The predicted octanol–water partition coefficient (Wildman–Crippen LogP) is 3.84. The molecule has 0 heterocycles. The van der Waals surface area contributed by atoms with Crippen LogP contribution in [0.2, 0.25) is 0 Å². The van der Waals surface area contributed by atoms with E-state index >= 15 is 0 Å². The predicted molar refractivity (Wildman–Crippen MR) is 79.2 cm³/mol. The Hall–Kier alpha value is -1.78. The minimum atomic E-state index is -0.379. The Labute approximate surface area is 119 Å². The first-order valence-corrected chi connectivity index (χ1v) is 6.90. The number of nitrogens with zero attached hydrogens (tertiary/aromatic N) is 1. The van der Waals surface area contributed by atoms with Gasteiger partial charge < -0.3 is 10.1 Å². The standard InChI is InChI=1S/C15H22N2O3/c1-6-20-11-9-7-8-10(12(11)17(18)19)16-13-14(2,3)15(13,4)5/h7-9,13,16H,6H2,1-5H3. The number of hydrogen-bond acceptors (Lipinski definition) is 4. The van der Waals surface area contributed by atoms with Crippen molar-refractivity contribution in [2.24, 2.45) is 10.8 Å². The third-order valence-corrected chi connectivity index (χ3v) is 4.80. The van der Waals surface area contributed by atoms with Gasteiger partial charge in [-0.2, -0.15) is 0 Å². The monoisotopic (exact) mass is 278 g/mol. The second-order valence-electron chi connectivity index (χ2n) is 6.36. The maximum absolute atomic E-state index is 11.3. The summed E-state index contributed by atoms with van der Waals surface area (Å²) < 4.78 is 5.36. The van der Waals surface area contributed by atoms with Crippen LogP contribution in [0.15, 0.2) is 18.2 Å². The molecule has 1 N–H and O–H groups in total. The minimum Gasteiger partial charge on any atom is -0.487 e. The maximum Gasteiger partial charge on any atom is 0.333 e. The Bertz CT molecular complexity index is 524. The van der Waals surface area contributed by atoms with E-state index in [0.29, 0.717) is 18.0 Å². The average molecular weight is 278 g/mol. The lowest BCUT2D eigenvalue weighted by molar-refractivity contribution is -0.384. The lowest BCUT2D eigenvalue weighted by atomic mass is 10.0. The molecule has 0 spiro atoms. The molecule has 0 aromatic heterocycles. The van der Waals surface area contributed by atoms with Crippen LogP contribution in [0.25, 0.3) is 0 Å². The van der Waals surface area contributed by atoms with Crippen LogP contribution >= 0.6 is 0 Å². The van der Waals surface area contributed by atoms with E-state index in [4.69, 9.17) is 4.74 Å². The number of nitrogens with one attached hydrogen (secondary N) is 1. The second-order valence-corrected chi connectivity index (χ2v) is 6.36. The van der Waals surface area contributed by atoms with E-state index in [2.05, 4.69) is 33.0 Å². The van der Waals surface area contributed by atoms with Gasteiger partial charge in [0.2, 0.25) is 0 Å². The fraction of sp³-hybridized carbons (Fsp3) is 0.600. The van der Waals surface area contributed by atoms with E-state index in [1.807, 2.05) is 6.92 Å². The van der Waals surface area contributed by atoms with Crippen LogP contribution in [-0.4, -0.2) is 17.6 Å². The highest BCUT2D eigenvalue weighted by atomic mass is 16.6. The zero-order chi connectivity index (χ0) is 15.1. The fourth-order valence-corrected chi connectivity index (χ4v) is 2.81. The Morgan fingerprint density at radius 3 is 2.35 bits per heavy atom. The molecule has 2 rings (SSSR count). The molecule has 1 aliphatic carbocycles. The van der Waals surface area contributed by atoms with Gasteiger partial charge in [0, 0.05) is 6.04 Å². The normalized spacial score (nSPS) is 19.4. The van der Waals surface area contributed by atoms with E-state index < -0.39 is 0 Å². The lowest BCUT2D eigenvalue weighted by Gasteiger charge is -2.11. The van der Waals surface area contributed by atoms with Crippen LogP contribution in [-0.2, 0) is 0 Å². The molecule has 0 bridgehead atoms. The van der Waals surface area contributed by atoms with E-state index in [9.17, 15) is 10.1 Å². The first kappa shape index (κ1) is 14.6. The minimum absolute atomic E-state index is 0.0212. The highest BCUT2D eigenvalue weighted by Crippen LogP contribution is 2.64. The van der Waals surface area contributed by atoms with Gasteiger partial charge in [0.05, 0.1) is 11.5 Å². The van der Waals surface area contributed by atoms with Crippen LogP contribution in [0.1, 0.15) is 34.6 Å². The van der Waals surface area contributed by atoms with Crippen molar-refractivity contribution < 1.29 is 9.66 Å². The molecule has 1 aromatic rings. The van der Waals surface area contributed by atoms with Crippen LogP contribution in [0.4, 0.5) is 11.4 Å². The average Bonchev–Trinajstić information content (AvgIpc) is 2.72. The van der Waals surface area contributed by atoms with Crippen LogP contribution in [0.5, 0.6) is 5.75 Å². The zero-order valence-corrected chi connectivity index (χ0v) is 12.7. The molecule has 110 valence electrons. The maximum atomic E-state index is 11.3. The van der Waals surface area contributed by atoms with Gasteiger partial charge in [0.15, 0.2) is 5.75 Å². The van der Waals surface area contributed by atoms with Crippen molar-refractivity contribution in [1.29, 1.82) is 0 Å². The summed E-state index contributed by atoms with van der Waals surface area (Å²) in [5, 5.41) is 14.7. The van der Waals surface area contributed by atoms with Gasteiger partial charge in [0.25, 0.3) is 0 Å². The first-order valence-electron chi connectivity index (χ1n) is 6.90. The van der Waals surface area contributed by atoms with Crippen molar-refractivity contribution in [2.75, 3.05) is 11.9 Å². The molecule has 20 heavy (non-hydrogen) atoms. The van der Waals surface area contributed by atoms with Crippen molar-refractivity contribution in [3.8, 4) is 5.75 Å². The van der Waals surface area contributed by atoms with Crippen molar-refractivity contribution >= 4 is 11.4 Å². The largest absolute Gasteiger partial charge is 0.487 e. The summed E-state index contributed by atoms with van der Waals surface area (Å²) in [5.74, 6) is 0.318. The third kappa shape index (κ3) is 2.11. The van der Waals surface area contributed by atoms with E-state index in [1.165, 1.54) is 0 Å². The summed E-state index contributed by atoms with van der Waals surface area (Å²) in [6.07, 6.45) is 0. The van der Waals surface area contributed by atoms with Gasteiger partial charge in [0.1, 0.15) is 5.69 Å². The third-order valence-electron chi connectivity index (χ3n) is 4.80. The Morgan fingerprint density at radius 2 is 1.90 bits per heavy atom. The number of nitro benzene ring substituents is 1. The summed E-state index contributed by atoms with van der Waals surface area (Å²) >= 11 is 0. The van der Waals surface area contributed by atoms with Gasteiger partial charge >= 0.3 is 5.69 Å².